The number of amides is 3. The molecule has 0 spiro atoms. The normalized spacial score (nSPS) is 10.8. The summed E-state index contributed by atoms with van der Waals surface area (Å²) in [4.78, 5) is 35.6. The van der Waals surface area contributed by atoms with Crippen molar-refractivity contribution >= 4 is 33.6 Å². The van der Waals surface area contributed by atoms with Gasteiger partial charge in [-0.1, -0.05) is 18.2 Å². The number of carbonyl (C=O) groups is 3. The van der Waals surface area contributed by atoms with E-state index in [1.54, 1.807) is 30.3 Å². The first-order valence-electron chi connectivity index (χ1n) is 9.70. The molecule has 0 aliphatic heterocycles. The lowest BCUT2D eigenvalue weighted by Crippen LogP contribution is -2.41. The van der Waals surface area contributed by atoms with Gasteiger partial charge in [0.2, 0.25) is 0 Å². The number of anilines is 1. The third-order valence-electron chi connectivity index (χ3n) is 4.24. The van der Waals surface area contributed by atoms with E-state index in [1.807, 2.05) is 18.3 Å². The van der Waals surface area contributed by atoms with Crippen molar-refractivity contribution in [1.82, 2.24) is 10.6 Å². The Morgan fingerprint density at radius 2 is 1.79 bits per heavy atom. The number of carbonyl (C=O) groups excluding carboxylic acids is 3. The van der Waals surface area contributed by atoms with Gasteiger partial charge in [-0.3, -0.25) is 14.8 Å². The Morgan fingerprint density at radius 1 is 1.00 bits per heavy atom. The fraction of sp³-hybridized carbons (Fsp3) is 0.136. The van der Waals surface area contributed by atoms with Crippen molar-refractivity contribution in [3.63, 3.8) is 0 Å². The first-order chi connectivity index (χ1) is 15.7. The molecule has 0 fully saturated rings. The van der Waals surface area contributed by atoms with E-state index < -0.39 is 34.5 Å². The largest absolute Gasteiger partial charge is 0.467 e. The number of rotatable bonds is 8. The van der Waals surface area contributed by atoms with Crippen LogP contribution < -0.4 is 15.4 Å². The monoisotopic (exact) mass is 471 g/mol. The van der Waals surface area contributed by atoms with Crippen molar-refractivity contribution in [3.05, 3.63) is 83.8 Å². The van der Waals surface area contributed by atoms with Gasteiger partial charge in [-0.25, -0.2) is 18.0 Å². The minimum Gasteiger partial charge on any atom is -0.467 e. The van der Waals surface area contributed by atoms with Crippen molar-refractivity contribution < 1.29 is 32.0 Å². The number of urea groups is 1. The van der Waals surface area contributed by atoms with E-state index in [1.165, 1.54) is 24.5 Å². The predicted octanol–water partition coefficient (Wildman–Crippen LogP) is 2.57. The molecule has 0 aliphatic rings. The summed E-state index contributed by atoms with van der Waals surface area (Å²) in [5, 5.41) is 4.41. The van der Waals surface area contributed by atoms with E-state index in [0.29, 0.717) is 11.4 Å². The van der Waals surface area contributed by atoms with Gasteiger partial charge in [-0.15, -0.1) is 0 Å². The highest BCUT2D eigenvalue weighted by Crippen LogP contribution is 2.18. The van der Waals surface area contributed by atoms with Crippen LogP contribution in [0, 0.1) is 6.92 Å². The van der Waals surface area contributed by atoms with Crippen LogP contribution in [-0.4, -0.2) is 32.9 Å². The van der Waals surface area contributed by atoms with E-state index in [4.69, 9.17) is 9.15 Å². The number of aryl methyl sites for hydroxylation is 1. The summed E-state index contributed by atoms with van der Waals surface area (Å²) in [5.74, 6) is -1.28. The Morgan fingerprint density at radius 3 is 2.52 bits per heavy atom. The number of ether oxygens (including phenoxy) is 1. The quantitative estimate of drug-likeness (QED) is 0.428. The average Bonchev–Trinajstić information content (AvgIpc) is 3.30. The lowest BCUT2D eigenvalue weighted by Gasteiger charge is -2.10. The zero-order valence-corrected chi connectivity index (χ0v) is 18.3. The Labute approximate surface area is 190 Å². The molecule has 1 aromatic heterocycles. The molecule has 0 unspecified atom stereocenters. The zero-order chi connectivity index (χ0) is 23.8. The Hall–Kier alpha value is -4.12. The van der Waals surface area contributed by atoms with Gasteiger partial charge in [0.15, 0.2) is 6.61 Å². The van der Waals surface area contributed by atoms with Crippen LogP contribution in [0.5, 0.6) is 0 Å². The van der Waals surface area contributed by atoms with E-state index >= 15 is 0 Å². The van der Waals surface area contributed by atoms with Gasteiger partial charge >= 0.3 is 12.0 Å². The number of sulfonamides is 1. The summed E-state index contributed by atoms with van der Waals surface area (Å²) >= 11 is 0. The maximum atomic E-state index is 12.6. The average molecular weight is 471 g/mol. The third kappa shape index (κ3) is 6.94. The molecule has 0 aliphatic carbocycles. The molecule has 3 aromatic rings. The molecular weight excluding hydrogens is 450 g/mol. The van der Waals surface area contributed by atoms with Gasteiger partial charge in [-0.05, 0) is 55.0 Å². The minimum absolute atomic E-state index is 0.0720. The van der Waals surface area contributed by atoms with Crippen LogP contribution >= 0.6 is 0 Å². The van der Waals surface area contributed by atoms with Crippen LogP contribution in [0.25, 0.3) is 0 Å². The maximum Gasteiger partial charge on any atom is 0.338 e. The van der Waals surface area contributed by atoms with Crippen LogP contribution in [0.2, 0.25) is 0 Å². The third-order valence-corrected chi connectivity index (χ3v) is 5.62. The zero-order valence-electron chi connectivity index (χ0n) is 17.5. The number of hydrogen-bond donors (Lipinski definition) is 3. The highest BCUT2D eigenvalue weighted by molar-refractivity contribution is 7.92. The van der Waals surface area contributed by atoms with Gasteiger partial charge < -0.3 is 14.5 Å². The van der Waals surface area contributed by atoms with E-state index in [9.17, 15) is 22.8 Å². The molecule has 172 valence electrons. The molecule has 0 radical (unpaired) electrons. The Bertz CT molecular complexity index is 1250. The van der Waals surface area contributed by atoms with Gasteiger partial charge in [0.05, 0.1) is 23.3 Å². The topological polar surface area (TPSA) is 144 Å². The van der Waals surface area contributed by atoms with Crippen molar-refractivity contribution in [3.8, 4) is 0 Å². The SMILES string of the molecule is Cc1cccc(NS(=O)(=O)c2cccc(C(=O)OCC(=O)NC(=O)NCc3ccco3)c2)c1. The summed E-state index contributed by atoms with van der Waals surface area (Å²) in [6.07, 6.45) is 1.44. The number of esters is 1. The highest BCUT2D eigenvalue weighted by atomic mass is 32.2. The Balaban J connectivity index is 1.54. The van der Waals surface area contributed by atoms with Gasteiger partial charge in [0.1, 0.15) is 5.76 Å². The smallest absolute Gasteiger partial charge is 0.338 e. The fourth-order valence-corrected chi connectivity index (χ4v) is 3.81. The number of imide groups is 1. The second kappa shape index (κ2) is 10.5. The molecule has 33 heavy (non-hydrogen) atoms. The van der Waals surface area contributed by atoms with E-state index in [2.05, 4.69) is 10.0 Å². The minimum atomic E-state index is -3.96. The van der Waals surface area contributed by atoms with Gasteiger partial charge in [0, 0.05) is 5.69 Å². The number of benzene rings is 2. The molecule has 10 nitrogen and oxygen atoms in total. The second-order valence-corrected chi connectivity index (χ2v) is 8.57. The maximum absolute atomic E-state index is 12.6. The molecule has 3 N–H and O–H groups in total. The number of nitrogens with one attached hydrogen (secondary N) is 3. The van der Waals surface area contributed by atoms with Crippen molar-refractivity contribution in [1.29, 1.82) is 0 Å². The molecule has 0 atom stereocenters. The van der Waals surface area contributed by atoms with Gasteiger partial charge in [0.25, 0.3) is 15.9 Å². The molecule has 0 saturated heterocycles. The van der Waals surface area contributed by atoms with Crippen LogP contribution in [0.1, 0.15) is 21.7 Å². The summed E-state index contributed by atoms with van der Waals surface area (Å²) < 4.78 is 37.6. The summed E-state index contributed by atoms with van der Waals surface area (Å²) in [7, 11) is -3.96. The second-order valence-electron chi connectivity index (χ2n) is 6.89. The molecule has 0 bridgehead atoms. The van der Waals surface area contributed by atoms with Crippen molar-refractivity contribution in [2.24, 2.45) is 0 Å². The predicted molar refractivity (Wildman–Crippen MR) is 118 cm³/mol. The molecule has 3 amide bonds. The first-order valence-corrected chi connectivity index (χ1v) is 11.2. The molecule has 0 saturated carbocycles. The van der Waals surface area contributed by atoms with Crippen molar-refractivity contribution in [2.75, 3.05) is 11.3 Å². The van der Waals surface area contributed by atoms with Gasteiger partial charge in [-0.2, -0.15) is 0 Å². The number of hydrogen-bond acceptors (Lipinski definition) is 7. The summed E-state index contributed by atoms with van der Waals surface area (Å²) in [6, 6.07) is 14.5. The van der Waals surface area contributed by atoms with Crippen LogP contribution in [0.15, 0.2) is 76.2 Å². The van der Waals surface area contributed by atoms with E-state index in [0.717, 1.165) is 11.6 Å². The number of furan rings is 1. The molecule has 1 heterocycles. The van der Waals surface area contributed by atoms with Crippen molar-refractivity contribution in [2.45, 2.75) is 18.4 Å². The standard InChI is InChI=1S/C22H21N3O7S/c1-15-5-2-7-17(11-15)25-33(29,30)19-9-3-6-16(12-19)21(27)32-14-20(26)24-22(28)23-13-18-8-4-10-31-18/h2-12,25H,13-14H2,1H3,(H2,23,24,26,28). The van der Waals surface area contributed by atoms with Crippen LogP contribution in [-0.2, 0) is 26.1 Å². The first kappa shape index (κ1) is 23.5. The molecule has 3 rings (SSSR count). The fourth-order valence-electron chi connectivity index (χ4n) is 2.71. The lowest BCUT2D eigenvalue weighted by atomic mass is 10.2. The van der Waals surface area contributed by atoms with Crippen LogP contribution in [0.3, 0.4) is 0 Å². The molecule has 11 heteroatoms. The summed E-state index contributed by atoms with van der Waals surface area (Å²) in [5.41, 5.74) is 1.18. The summed E-state index contributed by atoms with van der Waals surface area (Å²) in [6.45, 7) is 1.17. The Kier molecular flexibility index (Phi) is 7.46. The molecule has 2 aromatic carbocycles. The highest BCUT2D eigenvalue weighted by Gasteiger charge is 2.18. The molecular formula is C22H21N3O7S. The lowest BCUT2D eigenvalue weighted by molar-refractivity contribution is -0.123. The van der Waals surface area contributed by atoms with Crippen LogP contribution in [0.4, 0.5) is 10.5 Å². The van der Waals surface area contributed by atoms with E-state index in [-0.39, 0.29) is 17.0 Å².